The molecule has 0 saturated carbocycles. The highest BCUT2D eigenvalue weighted by molar-refractivity contribution is 6.08. The lowest BCUT2D eigenvalue weighted by Gasteiger charge is -2.20. The third-order valence-electron chi connectivity index (χ3n) is 6.80. The molecule has 9 nitrogen and oxygen atoms in total. The van der Waals surface area contributed by atoms with Crippen molar-refractivity contribution in [3.8, 4) is 5.75 Å². The number of fused-ring (bicyclic) bond motifs is 2. The highest BCUT2D eigenvalue weighted by atomic mass is 19.1. The van der Waals surface area contributed by atoms with Gasteiger partial charge in [-0.05, 0) is 56.6 Å². The van der Waals surface area contributed by atoms with Crippen LogP contribution in [0.2, 0.25) is 0 Å². The van der Waals surface area contributed by atoms with Gasteiger partial charge < -0.3 is 25.0 Å². The van der Waals surface area contributed by atoms with Gasteiger partial charge in [-0.15, -0.1) is 0 Å². The molecular formula is C25H27FN4O5. The molecule has 0 bridgehead atoms. The first-order valence-corrected chi connectivity index (χ1v) is 11.5. The number of nitrogens with one attached hydrogen (secondary N) is 2. The van der Waals surface area contributed by atoms with Crippen LogP contribution in [0.4, 0.5) is 26.2 Å². The average molecular weight is 483 g/mol. The van der Waals surface area contributed by atoms with Gasteiger partial charge in [-0.1, -0.05) is 6.07 Å². The van der Waals surface area contributed by atoms with Gasteiger partial charge >= 0.3 is 6.09 Å². The monoisotopic (exact) mass is 482 g/mol. The molecule has 0 spiro atoms. The molecule has 2 aromatic rings. The number of benzene rings is 2. The van der Waals surface area contributed by atoms with Crippen molar-refractivity contribution in [1.29, 1.82) is 0 Å². The highest BCUT2D eigenvalue weighted by Crippen LogP contribution is 2.43. The van der Waals surface area contributed by atoms with Crippen LogP contribution in [0.25, 0.3) is 0 Å². The fraction of sp³-hybridized carbons (Fsp3) is 0.400. The number of cyclic esters (lactones) is 1. The van der Waals surface area contributed by atoms with Crippen LogP contribution in [0.1, 0.15) is 31.4 Å². The molecule has 3 aliphatic heterocycles. The van der Waals surface area contributed by atoms with Crippen LogP contribution in [-0.2, 0) is 26.3 Å². The van der Waals surface area contributed by atoms with E-state index in [0.29, 0.717) is 47.9 Å². The molecule has 35 heavy (non-hydrogen) atoms. The SMILES string of the molecule is CN1C(=O)C(C)(C)c2ccc(F)c(CNCCC3CN(c4ccc5c(c4)NC(=O)CO5)C(=O)O3)c21. The zero-order chi connectivity index (χ0) is 24.9. The van der Waals surface area contributed by atoms with Gasteiger partial charge in [-0.25, -0.2) is 9.18 Å². The van der Waals surface area contributed by atoms with Crippen LogP contribution in [0, 0.1) is 5.82 Å². The first-order valence-electron chi connectivity index (χ1n) is 11.5. The molecule has 3 heterocycles. The largest absolute Gasteiger partial charge is 0.482 e. The number of carbonyl (C=O) groups excluding carboxylic acids is 3. The summed E-state index contributed by atoms with van der Waals surface area (Å²) in [4.78, 5) is 39.7. The Bertz CT molecular complexity index is 1230. The molecule has 5 rings (SSSR count). The summed E-state index contributed by atoms with van der Waals surface area (Å²) >= 11 is 0. The van der Waals surface area contributed by atoms with E-state index in [4.69, 9.17) is 9.47 Å². The van der Waals surface area contributed by atoms with E-state index in [2.05, 4.69) is 10.6 Å². The van der Waals surface area contributed by atoms with Crippen molar-refractivity contribution in [3.05, 3.63) is 47.3 Å². The van der Waals surface area contributed by atoms with E-state index in [1.165, 1.54) is 15.9 Å². The number of halogens is 1. The molecule has 2 aromatic carbocycles. The number of rotatable bonds is 6. The smallest absolute Gasteiger partial charge is 0.414 e. The minimum Gasteiger partial charge on any atom is -0.482 e. The predicted molar refractivity (Wildman–Crippen MR) is 127 cm³/mol. The first kappa shape index (κ1) is 23.1. The Morgan fingerprint density at radius 3 is 2.80 bits per heavy atom. The summed E-state index contributed by atoms with van der Waals surface area (Å²) in [6.45, 7) is 4.75. The summed E-state index contributed by atoms with van der Waals surface area (Å²) < 4.78 is 25.5. The van der Waals surface area contributed by atoms with E-state index in [1.54, 1.807) is 31.3 Å². The Balaban J connectivity index is 1.20. The highest BCUT2D eigenvalue weighted by Gasteiger charge is 2.44. The van der Waals surface area contributed by atoms with Crippen molar-refractivity contribution >= 4 is 35.0 Å². The zero-order valence-electron chi connectivity index (χ0n) is 19.8. The predicted octanol–water partition coefficient (Wildman–Crippen LogP) is 2.92. The van der Waals surface area contributed by atoms with E-state index in [1.807, 2.05) is 13.8 Å². The first-order chi connectivity index (χ1) is 16.7. The second-order valence-corrected chi connectivity index (χ2v) is 9.51. The number of carbonyl (C=O) groups is 3. The molecular weight excluding hydrogens is 455 g/mol. The Hall–Kier alpha value is -3.66. The van der Waals surface area contributed by atoms with E-state index in [0.717, 1.165) is 5.56 Å². The summed E-state index contributed by atoms with van der Waals surface area (Å²) in [5.74, 6) is -0.125. The van der Waals surface area contributed by atoms with Crippen molar-refractivity contribution in [2.45, 2.75) is 38.3 Å². The maximum atomic E-state index is 14.7. The molecule has 10 heteroatoms. The topological polar surface area (TPSA) is 100 Å². The van der Waals surface area contributed by atoms with Gasteiger partial charge in [-0.2, -0.15) is 0 Å². The third kappa shape index (κ3) is 3.97. The molecule has 1 saturated heterocycles. The molecule has 184 valence electrons. The third-order valence-corrected chi connectivity index (χ3v) is 6.80. The number of hydrogen-bond acceptors (Lipinski definition) is 6. The van der Waals surface area contributed by atoms with Crippen molar-refractivity contribution in [2.24, 2.45) is 0 Å². The van der Waals surface area contributed by atoms with Gasteiger partial charge in [0.15, 0.2) is 6.61 Å². The average Bonchev–Trinajstić information content (AvgIpc) is 3.28. The number of likely N-dealkylation sites (N-methyl/N-ethyl adjacent to an activating group) is 1. The van der Waals surface area contributed by atoms with Crippen LogP contribution in [0.5, 0.6) is 5.75 Å². The number of nitrogens with zero attached hydrogens (tertiary/aromatic N) is 2. The van der Waals surface area contributed by atoms with Crippen LogP contribution < -0.4 is 25.2 Å². The summed E-state index contributed by atoms with van der Waals surface area (Å²) in [6, 6.07) is 8.23. The summed E-state index contributed by atoms with van der Waals surface area (Å²) in [5, 5.41) is 5.96. The molecule has 3 aliphatic rings. The van der Waals surface area contributed by atoms with E-state index in [-0.39, 0.29) is 36.9 Å². The lowest BCUT2D eigenvalue weighted by molar-refractivity contribution is -0.121. The van der Waals surface area contributed by atoms with Crippen molar-refractivity contribution < 1.29 is 28.2 Å². The Kier molecular flexibility index (Phi) is 5.63. The minimum absolute atomic E-state index is 0.0345. The van der Waals surface area contributed by atoms with Crippen LogP contribution in [0.15, 0.2) is 30.3 Å². The molecule has 1 fully saturated rings. The molecule has 0 aliphatic carbocycles. The second-order valence-electron chi connectivity index (χ2n) is 9.51. The van der Waals surface area contributed by atoms with E-state index < -0.39 is 11.5 Å². The maximum Gasteiger partial charge on any atom is 0.414 e. The van der Waals surface area contributed by atoms with Gasteiger partial charge in [-0.3, -0.25) is 14.5 Å². The second kappa shape index (κ2) is 8.53. The fourth-order valence-corrected chi connectivity index (χ4v) is 4.90. The fourth-order valence-electron chi connectivity index (χ4n) is 4.90. The summed E-state index contributed by atoms with van der Waals surface area (Å²) in [7, 11) is 1.67. The van der Waals surface area contributed by atoms with Gasteiger partial charge in [0.2, 0.25) is 5.91 Å². The molecule has 1 atom stereocenters. The number of ether oxygens (including phenoxy) is 2. The Morgan fingerprint density at radius 1 is 1.20 bits per heavy atom. The standard InChI is InChI=1S/C25H27FN4O5/c1-25(2)17-5-6-18(26)16(22(17)29(3)23(25)32)11-27-9-8-15-12-30(24(33)35-15)14-4-7-20-19(10-14)28-21(31)13-34-20/h4-7,10,15,27H,8-9,11-13H2,1-3H3,(H,28,31). The summed E-state index contributed by atoms with van der Waals surface area (Å²) in [6.07, 6.45) is -0.275. The Labute approximate surface area is 202 Å². The normalized spacial score (nSPS) is 20.3. The van der Waals surface area contributed by atoms with Gasteiger partial charge in [0, 0.05) is 24.8 Å². The van der Waals surface area contributed by atoms with Crippen molar-refractivity contribution in [2.75, 3.05) is 41.9 Å². The molecule has 0 radical (unpaired) electrons. The molecule has 2 N–H and O–H groups in total. The quantitative estimate of drug-likeness (QED) is 0.615. The number of anilines is 3. The van der Waals surface area contributed by atoms with Gasteiger partial charge in [0.1, 0.15) is 17.7 Å². The van der Waals surface area contributed by atoms with Crippen LogP contribution in [-0.4, -0.2) is 50.8 Å². The molecule has 3 amide bonds. The van der Waals surface area contributed by atoms with Gasteiger partial charge in [0.05, 0.1) is 23.3 Å². The van der Waals surface area contributed by atoms with E-state index in [9.17, 15) is 18.8 Å². The molecule has 0 aromatic heterocycles. The maximum absolute atomic E-state index is 14.7. The van der Waals surface area contributed by atoms with E-state index >= 15 is 0 Å². The van der Waals surface area contributed by atoms with Gasteiger partial charge in [0.25, 0.3) is 5.91 Å². The van der Waals surface area contributed by atoms with Crippen LogP contribution >= 0.6 is 0 Å². The van der Waals surface area contributed by atoms with Crippen molar-refractivity contribution in [3.63, 3.8) is 0 Å². The lowest BCUT2D eigenvalue weighted by atomic mass is 9.85. The minimum atomic E-state index is -0.695. The molecule has 1 unspecified atom stereocenters. The number of hydrogen-bond donors (Lipinski definition) is 2. The van der Waals surface area contributed by atoms with Crippen molar-refractivity contribution in [1.82, 2.24) is 5.32 Å². The number of amides is 3. The zero-order valence-corrected chi connectivity index (χ0v) is 19.8. The Morgan fingerprint density at radius 2 is 2.00 bits per heavy atom. The van der Waals surface area contributed by atoms with Crippen LogP contribution in [0.3, 0.4) is 0 Å². The lowest BCUT2D eigenvalue weighted by Crippen LogP contribution is -2.33. The summed E-state index contributed by atoms with van der Waals surface area (Å²) in [5.41, 5.74) is 2.31.